The highest BCUT2D eigenvalue weighted by atomic mass is 35.5. The molecule has 6 rings (SSSR count). The number of hydrogen-bond donors (Lipinski definition) is 2. The van der Waals surface area contributed by atoms with Gasteiger partial charge in [-0.15, -0.1) is 0 Å². The predicted molar refractivity (Wildman–Crippen MR) is 142 cm³/mol. The Bertz CT molecular complexity index is 1690. The van der Waals surface area contributed by atoms with Crippen LogP contribution in [0.3, 0.4) is 0 Å². The van der Waals surface area contributed by atoms with E-state index in [9.17, 15) is 4.79 Å². The molecule has 0 aliphatic rings. The van der Waals surface area contributed by atoms with Gasteiger partial charge in [0, 0.05) is 21.8 Å². The van der Waals surface area contributed by atoms with Crippen molar-refractivity contribution in [3.63, 3.8) is 0 Å². The third-order valence-electron chi connectivity index (χ3n) is 5.88. The summed E-state index contributed by atoms with van der Waals surface area (Å²) in [6.07, 6.45) is 1.67. The van der Waals surface area contributed by atoms with Crippen molar-refractivity contribution < 1.29 is 9.21 Å². The zero-order valence-corrected chi connectivity index (χ0v) is 19.7. The molecule has 0 spiro atoms. The average molecular weight is 491 g/mol. The van der Waals surface area contributed by atoms with Crippen LogP contribution in [0.5, 0.6) is 0 Å². The second kappa shape index (κ2) is 9.17. The van der Waals surface area contributed by atoms with Gasteiger partial charge in [0.25, 0.3) is 5.91 Å². The number of anilines is 1. The Morgan fingerprint density at radius 1 is 0.833 bits per heavy atom. The molecule has 2 aromatic heterocycles. The van der Waals surface area contributed by atoms with Crippen LogP contribution in [0.1, 0.15) is 10.4 Å². The summed E-state index contributed by atoms with van der Waals surface area (Å²) in [4.78, 5) is 17.5. The van der Waals surface area contributed by atoms with Gasteiger partial charge in [-0.2, -0.15) is 5.10 Å². The number of carbonyl (C=O) groups excluding carboxylic acids is 1. The fourth-order valence-corrected chi connectivity index (χ4v) is 4.25. The number of aromatic nitrogens is 3. The molecule has 0 saturated heterocycles. The third-order valence-corrected chi connectivity index (χ3v) is 6.12. The molecule has 0 unspecified atom stereocenters. The molecular formula is C29H19ClN4O2. The highest BCUT2D eigenvalue weighted by Gasteiger charge is 2.17. The van der Waals surface area contributed by atoms with Crippen molar-refractivity contribution in [2.24, 2.45) is 0 Å². The minimum Gasteiger partial charge on any atom is -0.436 e. The molecule has 7 heteroatoms. The molecular weight excluding hydrogens is 472 g/mol. The maximum atomic E-state index is 12.9. The summed E-state index contributed by atoms with van der Waals surface area (Å²) in [7, 11) is 0. The number of fused-ring (bicyclic) bond motifs is 1. The van der Waals surface area contributed by atoms with Crippen molar-refractivity contribution in [1.29, 1.82) is 0 Å². The number of halogens is 1. The number of oxazole rings is 1. The number of nitrogens with zero attached hydrogens (tertiary/aromatic N) is 2. The lowest BCUT2D eigenvalue weighted by Gasteiger charge is -2.08. The Labute approximate surface area is 211 Å². The standard InChI is InChI=1S/C29H19ClN4O2/c30-22-13-14-26-25(16-22)33-29(36-26)24-17-31-34-27(24)21-7-4-8-23(15-21)32-28(35)20-11-9-19(10-12-20)18-5-2-1-3-6-18/h1-17H,(H,31,34)(H,32,35). The summed E-state index contributed by atoms with van der Waals surface area (Å²) >= 11 is 6.08. The molecule has 0 bridgehead atoms. The molecule has 6 nitrogen and oxygen atoms in total. The second-order valence-electron chi connectivity index (χ2n) is 8.27. The molecule has 0 atom stereocenters. The number of rotatable bonds is 5. The highest BCUT2D eigenvalue weighted by Crippen LogP contribution is 2.33. The van der Waals surface area contributed by atoms with E-state index in [0.717, 1.165) is 22.4 Å². The van der Waals surface area contributed by atoms with Crippen LogP contribution in [0.2, 0.25) is 5.02 Å². The van der Waals surface area contributed by atoms with E-state index < -0.39 is 0 Å². The van der Waals surface area contributed by atoms with Crippen LogP contribution in [0.25, 0.3) is 44.9 Å². The molecule has 2 heterocycles. The zero-order chi connectivity index (χ0) is 24.5. The van der Waals surface area contributed by atoms with Gasteiger partial charge in [-0.1, -0.05) is 66.2 Å². The molecule has 1 amide bonds. The van der Waals surface area contributed by atoms with Crippen molar-refractivity contribution in [2.75, 3.05) is 5.32 Å². The van der Waals surface area contributed by atoms with E-state index in [2.05, 4.69) is 20.5 Å². The fourth-order valence-electron chi connectivity index (χ4n) is 4.08. The molecule has 174 valence electrons. The number of aromatic amines is 1. The van der Waals surface area contributed by atoms with Gasteiger partial charge in [0.2, 0.25) is 5.89 Å². The molecule has 4 aromatic carbocycles. The molecule has 0 radical (unpaired) electrons. The number of H-pyrrole nitrogens is 1. The van der Waals surface area contributed by atoms with Gasteiger partial charge in [0.05, 0.1) is 17.5 Å². The fraction of sp³-hybridized carbons (Fsp3) is 0. The van der Waals surface area contributed by atoms with Crippen molar-refractivity contribution in [2.45, 2.75) is 0 Å². The van der Waals surface area contributed by atoms with Gasteiger partial charge in [-0.3, -0.25) is 9.89 Å². The smallest absolute Gasteiger partial charge is 0.255 e. The average Bonchev–Trinajstić information content (AvgIpc) is 3.56. The minimum absolute atomic E-state index is 0.188. The largest absolute Gasteiger partial charge is 0.436 e. The van der Waals surface area contributed by atoms with E-state index in [4.69, 9.17) is 16.0 Å². The first kappa shape index (κ1) is 21.8. The number of benzene rings is 4. The van der Waals surface area contributed by atoms with Gasteiger partial charge >= 0.3 is 0 Å². The first-order valence-electron chi connectivity index (χ1n) is 11.3. The first-order valence-corrected chi connectivity index (χ1v) is 11.7. The number of nitrogens with one attached hydrogen (secondary N) is 2. The second-order valence-corrected chi connectivity index (χ2v) is 8.70. The lowest BCUT2D eigenvalue weighted by molar-refractivity contribution is 0.102. The Morgan fingerprint density at radius 3 is 2.44 bits per heavy atom. The van der Waals surface area contributed by atoms with E-state index in [0.29, 0.717) is 38.8 Å². The van der Waals surface area contributed by atoms with Crippen molar-refractivity contribution in [3.05, 3.63) is 114 Å². The van der Waals surface area contributed by atoms with Gasteiger partial charge in [0.1, 0.15) is 5.52 Å². The molecule has 0 fully saturated rings. The Balaban J connectivity index is 1.24. The third kappa shape index (κ3) is 4.26. The van der Waals surface area contributed by atoms with Gasteiger partial charge in [0.15, 0.2) is 5.58 Å². The first-order chi connectivity index (χ1) is 17.6. The quantitative estimate of drug-likeness (QED) is 0.262. The van der Waals surface area contributed by atoms with Crippen LogP contribution in [0.15, 0.2) is 108 Å². The van der Waals surface area contributed by atoms with Crippen LogP contribution in [0, 0.1) is 0 Å². The Morgan fingerprint density at radius 2 is 1.61 bits per heavy atom. The molecule has 0 saturated carbocycles. The van der Waals surface area contributed by atoms with Crippen molar-refractivity contribution >= 4 is 34.3 Å². The molecule has 0 aliphatic heterocycles. The monoisotopic (exact) mass is 490 g/mol. The maximum Gasteiger partial charge on any atom is 0.255 e. The molecule has 6 aromatic rings. The Kier molecular flexibility index (Phi) is 5.56. The van der Waals surface area contributed by atoms with Gasteiger partial charge < -0.3 is 9.73 Å². The van der Waals surface area contributed by atoms with Gasteiger partial charge in [-0.05, 0) is 53.6 Å². The summed E-state index contributed by atoms with van der Waals surface area (Å²) < 4.78 is 5.92. The van der Waals surface area contributed by atoms with Crippen LogP contribution < -0.4 is 5.32 Å². The summed E-state index contributed by atoms with van der Waals surface area (Å²) in [6, 6.07) is 30.4. The van der Waals surface area contributed by atoms with E-state index in [1.807, 2.05) is 78.9 Å². The lowest BCUT2D eigenvalue weighted by Crippen LogP contribution is -2.11. The SMILES string of the molecule is O=C(Nc1cccc(-c2[nH]ncc2-c2nc3cc(Cl)ccc3o2)c1)c1ccc(-c2ccccc2)cc1. The van der Waals surface area contributed by atoms with Crippen LogP contribution in [-0.4, -0.2) is 21.1 Å². The zero-order valence-electron chi connectivity index (χ0n) is 18.9. The summed E-state index contributed by atoms with van der Waals surface area (Å²) in [6.45, 7) is 0. The van der Waals surface area contributed by atoms with Crippen molar-refractivity contribution in [1.82, 2.24) is 15.2 Å². The van der Waals surface area contributed by atoms with Crippen molar-refractivity contribution in [3.8, 4) is 33.8 Å². The highest BCUT2D eigenvalue weighted by molar-refractivity contribution is 6.31. The van der Waals surface area contributed by atoms with Gasteiger partial charge in [-0.25, -0.2) is 4.98 Å². The Hall–Kier alpha value is -4.68. The molecule has 2 N–H and O–H groups in total. The van der Waals surface area contributed by atoms with E-state index in [-0.39, 0.29) is 5.91 Å². The predicted octanol–water partition coefficient (Wildman–Crippen LogP) is 7.46. The van der Waals surface area contributed by atoms with E-state index in [1.165, 1.54) is 0 Å². The van der Waals surface area contributed by atoms with E-state index in [1.54, 1.807) is 24.4 Å². The van der Waals surface area contributed by atoms with Crippen LogP contribution >= 0.6 is 11.6 Å². The maximum absolute atomic E-state index is 12.9. The summed E-state index contributed by atoms with van der Waals surface area (Å²) in [5.74, 6) is 0.247. The number of amides is 1. The summed E-state index contributed by atoms with van der Waals surface area (Å²) in [5.41, 5.74) is 6.99. The number of hydrogen-bond acceptors (Lipinski definition) is 4. The number of carbonyl (C=O) groups is 1. The lowest BCUT2D eigenvalue weighted by atomic mass is 10.0. The summed E-state index contributed by atoms with van der Waals surface area (Å²) in [5, 5.41) is 10.8. The topological polar surface area (TPSA) is 83.8 Å². The van der Waals surface area contributed by atoms with Crippen LogP contribution in [-0.2, 0) is 0 Å². The minimum atomic E-state index is -0.188. The van der Waals surface area contributed by atoms with E-state index >= 15 is 0 Å². The normalized spacial score (nSPS) is 11.0. The molecule has 36 heavy (non-hydrogen) atoms. The van der Waals surface area contributed by atoms with Crippen LogP contribution in [0.4, 0.5) is 5.69 Å². The molecule has 0 aliphatic carbocycles.